The van der Waals surface area contributed by atoms with Crippen molar-refractivity contribution in [3.8, 4) is 6.07 Å². The molecule has 1 aromatic carbocycles. The van der Waals surface area contributed by atoms with Crippen LogP contribution >= 0.6 is 23.1 Å². The van der Waals surface area contributed by atoms with Crippen LogP contribution in [-0.4, -0.2) is 4.37 Å². The molecule has 0 bridgehead atoms. The summed E-state index contributed by atoms with van der Waals surface area (Å²) >= 11 is 6.69. The average molecular weight is 318 g/mol. The molecule has 0 saturated carbocycles. The van der Waals surface area contributed by atoms with Gasteiger partial charge >= 0.3 is 6.18 Å². The maximum atomic E-state index is 12.7. The van der Waals surface area contributed by atoms with E-state index in [2.05, 4.69) is 9.69 Å². The summed E-state index contributed by atoms with van der Waals surface area (Å²) in [7, 11) is 0. The second-order valence-corrected chi connectivity index (χ2v) is 5.15. The molecule has 0 aliphatic carbocycles. The highest BCUT2D eigenvalue weighted by Gasteiger charge is 2.31. The number of alkyl halides is 3. The number of anilines is 2. The summed E-state index contributed by atoms with van der Waals surface area (Å²) in [5.74, 6) is 0. The predicted octanol–water partition coefficient (Wildman–Crippen LogP) is 4.74. The van der Waals surface area contributed by atoms with Crippen LogP contribution in [0.25, 0.3) is 0 Å². The summed E-state index contributed by atoms with van der Waals surface area (Å²) in [6.45, 7) is 1.65. The zero-order chi connectivity index (χ0) is 14.9. The maximum absolute atomic E-state index is 12.7. The highest BCUT2D eigenvalue weighted by atomic mass is 35.5. The summed E-state index contributed by atoms with van der Waals surface area (Å²) in [4.78, 5) is 0. The Balaban J connectivity index is 2.39. The van der Waals surface area contributed by atoms with Crippen LogP contribution in [0.4, 0.5) is 23.9 Å². The number of nitrogens with zero attached hydrogens (tertiary/aromatic N) is 2. The van der Waals surface area contributed by atoms with Crippen LogP contribution in [-0.2, 0) is 6.18 Å². The molecule has 8 heteroatoms. The van der Waals surface area contributed by atoms with Crippen molar-refractivity contribution in [3.05, 3.63) is 40.0 Å². The first-order valence-electron chi connectivity index (χ1n) is 5.32. The Morgan fingerprint density at radius 2 is 2.05 bits per heavy atom. The fourth-order valence-electron chi connectivity index (χ4n) is 1.54. The number of halogens is 4. The largest absolute Gasteiger partial charge is 0.416 e. The van der Waals surface area contributed by atoms with E-state index in [1.165, 1.54) is 6.07 Å². The first kappa shape index (κ1) is 14.6. The van der Waals surface area contributed by atoms with Gasteiger partial charge < -0.3 is 5.32 Å². The van der Waals surface area contributed by atoms with Crippen molar-refractivity contribution in [2.75, 3.05) is 5.32 Å². The zero-order valence-electron chi connectivity index (χ0n) is 10.0. The van der Waals surface area contributed by atoms with Gasteiger partial charge in [-0.25, -0.2) is 0 Å². The lowest BCUT2D eigenvalue weighted by Gasteiger charge is -2.10. The van der Waals surface area contributed by atoms with Gasteiger partial charge in [-0.05, 0) is 36.7 Å². The van der Waals surface area contributed by atoms with Gasteiger partial charge in [-0.15, -0.1) is 0 Å². The van der Waals surface area contributed by atoms with Crippen LogP contribution in [0.2, 0.25) is 5.02 Å². The van der Waals surface area contributed by atoms with Crippen molar-refractivity contribution in [1.29, 1.82) is 5.26 Å². The van der Waals surface area contributed by atoms with Crippen molar-refractivity contribution in [1.82, 2.24) is 4.37 Å². The van der Waals surface area contributed by atoms with E-state index < -0.39 is 11.7 Å². The van der Waals surface area contributed by atoms with Gasteiger partial charge in [-0.3, -0.25) is 0 Å². The quantitative estimate of drug-likeness (QED) is 0.870. The monoisotopic (exact) mass is 317 g/mol. The van der Waals surface area contributed by atoms with Crippen LogP contribution in [0.5, 0.6) is 0 Å². The molecule has 0 fully saturated rings. The lowest BCUT2D eigenvalue weighted by atomic mass is 10.2. The second-order valence-electron chi connectivity index (χ2n) is 3.94. The number of aryl methyl sites for hydroxylation is 1. The Morgan fingerprint density at radius 1 is 1.35 bits per heavy atom. The summed E-state index contributed by atoms with van der Waals surface area (Å²) in [6.07, 6.45) is -4.48. The van der Waals surface area contributed by atoms with Gasteiger partial charge in [0.1, 0.15) is 16.6 Å². The van der Waals surface area contributed by atoms with Crippen LogP contribution in [0.15, 0.2) is 18.2 Å². The highest BCUT2D eigenvalue weighted by Crippen LogP contribution is 2.35. The standard InChI is InChI=1S/C12H7ClF3N3S/c1-6-10(5-17)11(20-19-6)18-9-3-7(12(14,15)16)2-8(13)4-9/h2-4,18H,1H3. The Labute approximate surface area is 121 Å². The summed E-state index contributed by atoms with van der Waals surface area (Å²) < 4.78 is 42.0. The minimum Gasteiger partial charge on any atom is -0.345 e. The molecule has 1 heterocycles. The Kier molecular flexibility index (Phi) is 3.88. The van der Waals surface area contributed by atoms with Crippen LogP contribution < -0.4 is 5.32 Å². The van der Waals surface area contributed by atoms with E-state index in [4.69, 9.17) is 16.9 Å². The van der Waals surface area contributed by atoms with Crippen molar-refractivity contribution in [2.24, 2.45) is 0 Å². The maximum Gasteiger partial charge on any atom is 0.416 e. The number of nitrogens with one attached hydrogen (secondary N) is 1. The molecule has 2 aromatic rings. The third-order valence-corrected chi connectivity index (χ3v) is 3.53. The number of nitriles is 1. The number of benzene rings is 1. The minimum absolute atomic E-state index is 0.0398. The predicted molar refractivity (Wildman–Crippen MR) is 71.3 cm³/mol. The molecule has 0 radical (unpaired) electrons. The molecule has 1 aromatic heterocycles. The van der Waals surface area contributed by atoms with Gasteiger partial charge in [0.05, 0.1) is 11.3 Å². The average Bonchev–Trinajstić information content (AvgIpc) is 2.68. The summed E-state index contributed by atoms with van der Waals surface area (Å²) in [5, 5.41) is 12.1. The number of hydrogen-bond donors (Lipinski definition) is 1. The van der Waals surface area contributed by atoms with E-state index in [-0.39, 0.29) is 10.7 Å². The molecule has 3 nitrogen and oxygen atoms in total. The van der Waals surface area contributed by atoms with Crippen LogP contribution in [0, 0.1) is 18.3 Å². The smallest absolute Gasteiger partial charge is 0.345 e. The van der Waals surface area contributed by atoms with Gasteiger partial charge in [-0.2, -0.15) is 22.8 Å². The number of hydrogen-bond acceptors (Lipinski definition) is 4. The number of rotatable bonds is 2. The molecule has 2 rings (SSSR count). The topological polar surface area (TPSA) is 48.7 Å². The highest BCUT2D eigenvalue weighted by molar-refractivity contribution is 7.10. The molecule has 0 spiro atoms. The molecule has 0 aliphatic rings. The van der Waals surface area contributed by atoms with Gasteiger partial charge in [0.2, 0.25) is 0 Å². The van der Waals surface area contributed by atoms with E-state index in [1.807, 2.05) is 6.07 Å². The first-order valence-corrected chi connectivity index (χ1v) is 6.47. The van der Waals surface area contributed by atoms with Crippen molar-refractivity contribution in [3.63, 3.8) is 0 Å². The van der Waals surface area contributed by atoms with Gasteiger partial charge in [0.15, 0.2) is 0 Å². The van der Waals surface area contributed by atoms with E-state index in [1.54, 1.807) is 6.92 Å². The van der Waals surface area contributed by atoms with E-state index in [0.717, 1.165) is 23.7 Å². The van der Waals surface area contributed by atoms with Crippen molar-refractivity contribution >= 4 is 33.8 Å². The molecule has 104 valence electrons. The Morgan fingerprint density at radius 3 is 2.65 bits per heavy atom. The van der Waals surface area contributed by atoms with Gasteiger partial charge in [0.25, 0.3) is 0 Å². The molecular weight excluding hydrogens is 311 g/mol. The second kappa shape index (κ2) is 5.31. The third-order valence-electron chi connectivity index (χ3n) is 2.46. The minimum atomic E-state index is -4.48. The molecule has 0 unspecified atom stereocenters. The van der Waals surface area contributed by atoms with E-state index >= 15 is 0 Å². The lowest BCUT2D eigenvalue weighted by molar-refractivity contribution is -0.137. The van der Waals surface area contributed by atoms with Crippen LogP contribution in [0.1, 0.15) is 16.8 Å². The van der Waals surface area contributed by atoms with Crippen molar-refractivity contribution < 1.29 is 13.2 Å². The Hall–Kier alpha value is -1.78. The van der Waals surface area contributed by atoms with Gasteiger partial charge in [-0.1, -0.05) is 11.6 Å². The fourth-order valence-corrected chi connectivity index (χ4v) is 2.55. The van der Waals surface area contributed by atoms with Crippen LogP contribution in [0.3, 0.4) is 0 Å². The summed E-state index contributed by atoms with van der Waals surface area (Å²) in [5.41, 5.74) is 0.138. The number of aromatic nitrogens is 1. The molecule has 1 N–H and O–H groups in total. The van der Waals surface area contributed by atoms with E-state index in [9.17, 15) is 13.2 Å². The van der Waals surface area contributed by atoms with Gasteiger partial charge in [0, 0.05) is 10.7 Å². The lowest BCUT2D eigenvalue weighted by Crippen LogP contribution is -2.05. The SMILES string of the molecule is Cc1nsc(Nc2cc(Cl)cc(C(F)(F)F)c2)c1C#N. The molecule has 20 heavy (non-hydrogen) atoms. The fraction of sp³-hybridized carbons (Fsp3) is 0.167. The molecule has 0 aliphatic heterocycles. The zero-order valence-corrected chi connectivity index (χ0v) is 11.6. The molecule has 0 amide bonds. The molecule has 0 atom stereocenters. The van der Waals surface area contributed by atoms with E-state index in [0.29, 0.717) is 16.3 Å². The van der Waals surface area contributed by atoms with Crippen molar-refractivity contribution in [2.45, 2.75) is 13.1 Å². The third kappa shape index (κ3) is 3.03. The molecular formula is C12H7ClF3N3S. The molecule has 0 saturated heterocycles. The Bertz CT molecular complexity index is 688. The summed E-state index contributed by atoms with van der Waals surface area (Å²) in [6, 6.07) is 5.08. The first-order chi connectivity index (χ1) is 9.31. The normalized spacial score (nSPS) is 11.2.